The summed E-state index contributed by atoms with van der Waals surface area (Å²) in [6.07, 6.45) is -5.47. The Morgan fingerprint density at radius 3 is 1.64 bits per heavy atom. The molecule has 0 aliphatic rings. The van der Waals surface area contributed by atoms with E-state index in [-0.39, 0.29) is 0 Å². The number of aliphatic hydroxyl groups is 7. The zero-order valence-corrected chi connectivity index (χ0v) is 7.48. The van der Waals surface area contributed by atoms with Gasteiger partial charge in [-0.15, -0.1) is 0 Å². The summed E-state index contributed by atoms with van der Waals surface area (Å²) in [7, 11) is 0. The van der Waals surface area contributed by atoms with E-state index in [9.17, 15) is 10.2 Å². The summed E-state index contributed by atoms with van der Waals surface area (Å²) in [5, 5.41) is 62.3. The Kier molecular flexibility index (Phi) is 5.45. The van der Waals surface area contributed by atoms with Crippen LogP contribution in [0.15, 0.2) is 0 Å². The van der Waals surface area contributed by atoms with E-state index in [0.717, 1.165) is 0 Å². The molecular formula is C7H16O7. The van der Waals surface area contributed by atoms with E-state index in [2.05, 4.69) is 0 Å². The average Bonchev–Trinajstić information content (AvgIpc) is 2.24. The Labute approximate surface area is 80.5 Å². The van der Waals surface area contributed by atoms with Crippen LogP contribution in [0.5, 0.6) is 0 Å². The third-order valence-corrected chi connectivity index (χ3v) is 2.00. The molecule has 3 unspecified atom stereocenters. The Hall–Kier alpha value is -0.280. The molecule has 0 bridgehead atoms. The van der Waals surface area contributed by atoms with Gasteiger partial charge in [-0.05, 0) is 0 Å². The lowest BCUT2D eigenvalue weighted by Crippen LogP contribution is -2.57. The van der Waals surface area contributed by atoms with Crippen molar-refractivity contribution in [3.8, 4) is 0 Å². The van der Waals surface area contributed by atoms with Crippen molar-refractivity contribution in [2.75, 3.05) is 19.8 Å². The molecule has 0 aliphatic heterocycles. The van der Waals surface area contributed by atoms with Gasteiger partial charge >= 0.3 is 0 Å². The van der Waals surface area contributed by atoms with Gasteiger partial charge in [-0.3, -0.25) is 0 Å². The van der Waals surface area contributed by atoms with Gasteiger partial charge in [0.1, 0.15) is 23.9 Å². The highest BCUT2D eigenvalue weighted by Crippen LogP contribution is 2.15. The lowest BCUT2D eigenvalue weighted by molar-refractivity contribution is -0.186. The van der Waals surface area contributed by atoms with Gasteiger partial charge in [0.2, 0.25) is 0 Å². The molecule has 14 heavy (non-hydrogen) atoms. The van der Waals surface area contributed by atoms with Gasteiger partial charge in [-0.2, -0.15) is 0 Å². The molecule has 3 atom stereocenters. The highest BCUT2D eigenvalue weighted by atomic mass is 16.4. The molecule has 0 saturated heterocycles. The van der Waals surface area contributed by atoms with E-state index in [4.69, 9.17) is 25.5 Å². The predicted molar refractivity (Wildman–Crippen MR) is 44.2 cm³/mol. The van der Waals surface area contributed by atoms with Crippen LogP contribution < -0.4 is 0 Å². The van der Waals surface area contributed by atoms with Crippen molar-refractivity contribution in [2.45, 2.75) is 23.9 Å². The van der Waals surface area contributed by atoms with E-state index in [0.29, 0.717) is 0 Å². The summed E-state index contributed by atoms with van der Waals surface area (Å²) >= 11 is 0. The van der Waals surface area contributed by atoms with Crippen molar-refractivity contribution >= 4 is 0 Å². The zero-order valence-electron chi connectivity index (χ0n) is 7.48. The molecule has 7 nitrogen and oxygen atoms in total. The average molecular weight is 212 g/mol. The van der Waals surface area contributed by atoms with Gasteiger partial charge in [0.05, 0.1) is 19.8 Å². The van der Waals surface area contributed by atoms with Gasteiger partial charge in [0.25, 0.3) is 0 Å². The molecular weight excluding hydrogens is 196 g/mol. The van der Waals surface area contributed by atoms with Crippen LogP contribution in [0.1, 0.15) is 0 Å². The normalized spacial score (nSPS) is 19.1. The maximum Gasteiger partial charge on any atom is 0.139 e. The second-order valence-electron chi connectivity index (χ2n) is 3.11. The third kappa shape index (κ3) is 2.85. The Bertz CT molecular complexity index is 158. The highest BCUT2D eigenvalue weighted by Gasteiger charge is 2.41. The quantitative estimate of drug-likeness (QED) is 0.236. The fourth-order valence-corrected chi connectivity index (χ4v) is 0.873. The highest BCUT2D eigenvalue weighted by molar-refractivity contribution is 4.92. The van der Waals surface area contributed by atoms with Crippen molar-refractivity contribution in [3.63, 3.8) is 0 Å². The monoisotopic (exact) mass is 212 g/mol. The van der Waals surface area contributed by atoms with Crippen molar-refractivity contribution < 1.29 is 35.7 Å². The largest absolute Gasteiger partial charge is 0.394 e. The number of aliphatic hydroxyl groups excluding tert-OH is 6. The van der Waals surface area contributed by atoms with Crippen LogP contribution in [-0.2, 0) is 0 Å². The van der Waals surface area contributed by atoms with Gasteiger partial charge in [0.15, 0.2) is 0 Å². The van der Waals surface area contributed by atoms with E-state index in [1.807, 2.05) is 0 Å². The molecule has 0 aromatic carbocycles. The van der Waals surface area contributed by atoms with Gasteiger partial charge in [-0.25, -0.2) is 0 Å². The molecule has 86 valence electrons. The van der Waals surface area contributed by atoms with E-state index < -0.39 is 43.7 Å². The summed E-state index contributed by atoms with van der Waals surface area (Å²) < 4.78 is 0. The molecule has 0 heterocycles. The standard InChI is InChI=1S/C7H16O7/c8-1-4(11)5(12)6(13)7(14,2-9)3-10/h4-6,8-14H,1-3H2. The first kappa shape index (κ1) is 13.7. The van der Waals surface area contributed by atoms with Crippen LogP contribution in [-0.4, -0.2) is 79.5 Å². The van der Waals surface area contributed by atoms with Crippen LogP contribution in [0.25, 0.3) is 0 Å². The molecule has 0 aromatic rings. The Morgan fingerprint density at radius 1 is 0.929 bits per heavy atom. The van der Waals surface area contributed by atoms with E-state index in [1.54, 1.807) is 0 Å². The molecule has 0 saturated carbocycles. The van der Waals surface area contributed by atoms with Gasteiger partial charge in [-0.1, -0.05) is 0 Å². The first-order chi connectivity index (χ1) is 6.42. The Morgan fingerprint density at radius 2 is 1.36 bits per heavy atom. The molecule has 0 spiro atoms. The van der Waals surface area contributed by atoms with Crippen molar-refractivity contribution in [3.05, 3.63) is 0 Å². The van der Waals surface area contributed by atoms with Gasteiger partial charge in [0, 0.05) is 0 Å². The summed E-state index contributed by atoms with van der Waals surface area (Å²) in [4.78, 5) is 0. The molecule has 7 N–H and O–H groups in total. The summed E-state index contributed by atoms with van der Waals surface area (Å²) in [5.41, 5.74) is -2.31. The second-order valence-corrected chi connectivity index (χ2v) is 3.11. The fraction of sp³-hybridized carbons (Fsp3) is 1.00. The smallest absolute Gasteiger partial charge is 0.139 e. The number of hydrogen-bond acceptors (Lipinski definition) is 7. The molecule has 0 fully saturated rings. The fourth-order valence-electron chi connectivity index (χ4n) is 0.873. The van der Waals surface area contributed by atoms with Crippen LogP contribution in [0.2, 0.25) is 0 Å². The zero-order chi connectivity index (χ0) is 11.4. The van der Waals surface area contributed by atoms with Crippen LogP contribution in [0.4, 0.5) is 0 Å². The van der Waals surface area contributed by atoms with Crippen LogP contribution >= 0.6 is 0 Å². The predicted octanol–water partition coefficient (Wildman–Crippen LogP) is -4.22. The molecule has 0 amide bonds. The SMILES string of the molecule is OCC(O)C(O)C(O)C(O)(CO)CO. The molecule has 7 heteroatoms. The Balaban J connectivity index is 4.49. The van der Waals surface area contributed by atoms with Crippen molar-refractivity contribution in [1.82, 2.24) is 0 Å². The first-order valence-corrected chi connectivity index (χ1v) is 4.02. The van der Waals surface area contributed by atoms with Crippen molar-refractivity contribution in [1.29, 1.82) is 0 Å². The first-order valence-electron chi connectivity index (χ1n) is 4.02. The lowest BCUT2D eigenvalue weighted by Gasteiger charge is -2.33. The van der Waals surface area contributed by atoms with Crippen LogP contribution in [0.3, 0.4) is 0 Å². The minimum atomic E-state index is -2.31. The summed E-state index contributed by atoms with van der Waals surface area (Å²) in [6, 6.07) is 0. The third-order valence-electron chi connectivity index (χ3n) is 2.00. The molecule has 0 aliphatic carbocycles. The molecule has 0 radical (unpaired) electrons. The summed E-state index contributed by atoms with van der Waals surface area (Å²) in [5.74, 6) is 0. The van der Waals surface area contributed by atoms with Gasteiger partial charge < -0.3 is 35.7 Å². The van der Waals surface area contributed by atoms with E-state index in [1.165, 1.54) is 0 Å². The number of rotatable bonds is 6. The number of hydrogen-bond donors (Lipinski definition) is 7. The second kappa shape index (κ2) is 5.56. The maximum atomic E-state index is 9.31. The lowest BCUT2D eigenvalue weighted by atomic mass is 9.92. The molecule has 0 aromatic heterocycles. The molecule has 0 rings (SSSR count). The topological polar surface area (TPSA) is 142 Å². The summed E-state index contributed by atoms with van der Waals surface area (Å²) in [6.45, 7) is -2.79. The minimum Gasteiger partial charge on any atom is -0.394 e. The minimum absolute atomic E-state index is 0.814. The van der Waals surface area contributed by atoms with E-state index >= 15 is 0 Å². The maximum absolute atomic E-state index is 9.31. The van der Waals surface area contributed by atoms with Crippen LogP contribution in [0, 0.1) is 0 Å². The van der Waals surface area contributed by atoms with Crippen molar-refractivity contribution in [2.24, 2.45) is 0 Å².